The van der Waals surface area contributed by atoms with Gasteiger partial charge in [0.15, 0.2) is 5.82 Å². The molecular formula is C22H24F3N5O2. The van der Waals surface area contributed by atoms with Gasteiger partial charge < -0.3 is 20.4 Å². The number of aromatic nitrogens is 3. The summed E-state index contributed by atoms with van der Waals surface area (Å²) in [6, 6.07) is 4.87. The SMILES string of the molecule is Cc1nc2c(C)nnc(N[C@H](C)c3cccc(C(F)(F)CO)c3F)c2cc1N1CC(O)C1. The number of hydrogen-bond acceptors (Lipinski definition) is 7. The maximum atomic E-state index is 14.9. The molecule has 0 saturated carbocycles. The van der Waals surface area contributed by atoms with Crippen molar-refractivity contribution in [2.75, 3.05) is 29.9 Å². The Morgan fingerprint density at radius 1 is 1.22 bits per heavy atom. The van der Waals surface area contributed by atoms with Crippen molar-refractivity contribution >= 4 is 22.4 Å². The molecule has 3 N–H and O–H groups in total. The maximum absolute atomic E-state index is 14.9. The lowest BCUT2D eigenvalue weighted by Crippen LogP contribution is -2.51. The van der Waals surface area contributed by atoms with Crippen LogP contribution in [0.25, 0.3) is 10.9 Å². The molecule has 1 aromatic carbocycles. The van der Waals surface area contributed by atoms with Gasteiger partial charge in [-0.2, -0.15) is 13.9 Å². The summed E-state index contributed by atoms with van der Waals surface area (Å²) in [7, 11) is 0. The van der Waals surface area contributed by atoms with Gasteiger partial charge in [0.2, 0.25) is 0 Å². The van der Waals surface area contributed by atoms with E-state index in [2.05, 4.69) is 20.5 Å². The van der Waals surface area contributed by atoms with Crippen molar-refractivity contribution in [3.8, 4) is 0 Å². The minimum absolute atomic E-state index is 0.0114. The fourth-order valence-corrected chi connectivity index (χ4v) is 3.89. The van der Waals surface area contributed by atoms with Crippen LogP contribution in [0, 0.1) is 19.7 Å². The third kappa shape index (κ3) is 3.84. The van der Waals surface area contributed by atoms with Crippen LogP contribution in [0.3, 0.4) is 0 Å². The average molecular weight is 447 g/mol. The van der Waals surface area contributed by atoms with Gasteiger partial charge >= 0.3 is 0 Å². The van der Waals surface area contributed by atoms with Crippen LogP contribution in [0.2, 0.25) is 0 Å². The van der Waals surface area contributed by atoms with Crippen molar-refractivity contribution in [1.82, 2.24) is 15.2 Å². The second-order valence-electron chi connectivity index (χ2n) is 8.12. The number of alkyl halides is 2. The monoisotopic (exact) mass is 447 g/mol. The molecule has 10 heteroatoms. The Kier molecular flexibility index (Phi) is 5.68. The summed E-state index contributed by atoms with van der Waals surface area (Å²) in [5.41, 5.74) is 2.02. The van der Waals surface area contributed by atoms with Crippen molar-refractivity contribution in [3.05, 3.63) is 52.6 Å². The van der Waals surface area contributed by atoms with Crippen molar-refractivity contribution in [3.63, 3.8) is 0 Å². The van der Waals surface area contributed by atoms with Crippen molar-refractivity contribution < 1.29 is 23.4 Å². The number of fused-ring (bicyclic) bond motifs is 1. The first kappa shape index (κ1) is 22.2. The molecule has 1 atom stereocenters. The van der Waals surface area contributed by atoms with Gasteiger partial charge in [-0.25, -0.2) is 9.37 Å². The summed E-state index contributed by atoms with van der Waals surface area (Å²) in [5, 5.41) is 30.6. The highest BCUT2D eigenvalue weighted by molar-refractivity contribution is 5.93. The van der Waals surface area contributed by atoms with Gasteiger partial charge in [-0.3, -0.25) is 0 Å². The van der Waals surface area contributed by atoms with Crippen molar-refractivity contribution in [2.45, 2.75) is 38.8 Å². The Hall–Kier alpha value is -2.98. The molecule has 1 aliphatic rings. The van der Waals surface area contributed by atoms with Crippen LogP contribution in [0.1, 0.15) is 35.5 Å². The minimum Gasteiger partial charge on any atom is -0.390 e. The third-order valence-electron chi connectivity index (χ3n) is 5.73. The molecule has 1 fully saturated rings. The lowest BCUT2D eigenvalue weighted by Gasteiger charge is -2.38. The molecule has 170 valence electrons. The zero-order valence-electron chi connectivity index (χ0n) is 17.9. The van der Waals surface area contributed by atoms with Crippen LogP contribution < -0.4 is 10.2 Å². The molecule has 0 bridgehead atoms. The van der Waals surface area contributed by atoms with Gasteiger partial charge in [0.25, 0.3) is 5.92 Å². The van der Waals surface area contributed by atoms with E-state index in [-0.39, 0.29) is 11.7 Å². The van der Waals surface area contributed by atoms with Crippen molar-refractivity contribution in [2.24, 2.45) is 0 Å². The van der Waals surface area contributed by atoms with Gasteiger partial charge in [0, 0.05) is 24.0 Å². The Balaban J connectivity index is 1.72. The summed E-state index contributed by atoms with van der Waals surface area (Å²) in [6.45, 7) is 4.80. The number of aryl methyl sites for hydroxylation is 2. The quantitative estimate of drug-likeness (QED) is 0.534. The van der Waals surface area contributed by atoms with Gasteiger partial charge in [-0.15, -0.1) is 5.10 Å². The molecule has 2 aromatic heterocycles. The summed E-state index contributed by atoms with van der Waals surface area (Å²) in [4.78, 5) is 6.65. The highest BCUT2D eigenvalue weighted by atomic mass is 19.3. The zero-order valence-corrected chi connectivity index (χ0v) is 17.9. The van der Waals surface area contributed by atoms with E-state index < -0.39 is 30.0 Å². The number of nitrogens with zero attached hydrogens (tertiary/aromatic N) is 4. The molecule has 4 rings (SSSR count). The van der Waals surface area contributed by atoms with Crippen LogP contribution in [0.5, 0.6) is 0 Å². The summed E-state index contributed by atoms with van der Waals surface area (Å²) in [6.07, 6.45) is -0.382. The molecule has 1 saturated heterocycles. The highest BCUT2D eigenvalue weighted by Gasteiger charge is 2.35. The topological polar surface area (TPSA) is 94.4 Å². The highest BCUT2D eigenvalue weighted by Crippen LogP contribution is 2.35. The molecule has 1 aliphatic heterocycles. The number of aliphatic hydroxyl groups is 2. The molecule has 0 radical (unpaired) electrons. The van der Waals surface area contributed by atoms with Crippen LogP contribution in [-0.4, -0.2) is 51.2 Å². The van der Waals surface area contributed by atoms with Crippen LogP contribution >= 0.6 is 0 Å². The van der Waals surface area contributed by atoms with Crippen molar-refractivity contribution in [1.29, 1.82) is 0 Å². The lowest BCUT2D eigenvalue weighted by molar-refractivity contribution is -0.0583. The Morgan fingerprint density at radius 2 is 1.94 bits per heavy atom. The second kappa shape index (κ2) is 8.18. The molecule has 7 nitrogen and oxygen atoms in total. The number of benzene rings is 1. The predicted molar refractivity (Wildman–Crippen MR) is 114 cm³/mol. The first-order valence-electron chi connectivity index (χ1n) is 10.2. The molecule has 0 amide bonds. The molecule has 0 unspecified atom stereocenters. The summed E-state index contributed by atoms with van der Waals surface area (Å²) >= 11 is 0. The largest absolute Gasteiger partial charge is 0.390 e. The van der Waals surface area contributed by atoms with E-state index >= 15 is 0 Å². The minimum atomic E-state index is -3.69. The molecule has 0 aliphatic carbocycles. The molecular weight excluding hydrogens is 423 g/mol. The Labute approximate surface area is 182 Å². The van der Waals surface area contributed by atoms with Gasteiger partial charge in [-0.1, -0.05) is 12.1 Å². The number of halogens is 3. The van der Waals surface area contributed by atoms with Gasteiger partial charge in [0.05, 0.1) is 40.3 Å². The van der Waals surface area contributed by atoms with E-state index in [1.807, 2.05) is 17.9 Å². The molecule has 32 heavy (non-hydrogen) atoms. The number of pyridine rings is 1. The maximum Gasteiger partial charge on any atom is 0.298 e. The molecule has 3 aromatic rings. The molecule has 0 spiro atoms. The van der Waals surface area contributed by atoms with Gasteiger partial charge in [-0.05, 0) is 32.9 Å². The number of nitrogens with one attached hydrogen (secondary N) is 1. The van der Waals surface area contributed by atoms with Gasteiger partial charge in [0.1, 0.15) is 12.4 Å². The normalized spacial score (nSPS) is 15.7. The number of hydrogen-bond donors (Lipinski definition) is 3. The Morgan fingerprint density at radius 3 is 2.59 bits per heavy atom. The van der Waals surface area contributed by atoms with E-state index in [9.17, 15) is 18.3 Å². The average Bonchev–Trinajstić information content (AvgIpc) is 2.73. The summed E-state index contributed by atoms with van der Waals surface area (Å²) < 4.78 is 42.7. The second-order valence-corrected chi connectivity index (χ2v) is 8.12. The van der Waals surface area contributed by atoms with Crippen LogP contribution in [0.4, 0.5) is 24.7 Å². The predicted octanol–water partition coefficient (Wildman–Crippen LogP) is 3.22. The number of aliphatic hydroxyl groups excluding tert-OH is 2. The van der Waals surface area contributed by atoms with E-state index in [0.717, 1.165) is 17.4 Å². The third-order valence-corrected chi connectivity index (χ3v) is 5.73. The number of rotatable bonds is 6. The van der Waals surface area contributed by atoms with Crippen LogP contribution in [0.15, 0.2) is 24.3 Å². The standard InChI is InChI=1S/C22H24F3N5O2/c1-11(15-5-4-6-17(19(15)23)22(24,25)10-31)27-21-16-7-18(30-8-14(32)9-30)12(2)26-20(16)13(3)28-29-21/h4-7,11,14,31-32H,8-10H2,1-3H3,(H,27,29)/t11-/m1/s1. The first-order valence-corrected chi connectivity index (χ1v) is 10.2. The molecule has 3 heterocycles. The number of anilines is 2. The number of β-amino-alcohol motifs (C(OH)–C–C–N with tert-alkyl or cyclic N) is 1. The fraction of sp³-hybridized carbons (Fsp3) is 0.409. The summed E-state index contributed by atoms with van der Waals surface area (Å²) in [5.74, 6) is -4.43. The van der Waals surface area contributed by atoms with E-state index in [1.54, 1.807) is 13.8 Å². The van der Waals surface area contributed by atoms with Crippen LogP contribution in [-0.2, 0) is 5.92 Å². The fourth-order valence-electron chi connectivity index (χ4n) is 3.89. The van der Waals surface area contributed by atoms with E-state index in [1.165, 1.54) is 12.1 Å². The smallest absolute Gasteiger partial charge is 0.298 e. The van der Waals surface area contributed by atoms with E-state index in [0.29, 0.717) is 35.5 Å². The lowest BCUT2D eigenvalue weighted by atomic mass is 10.00. The Bertz CT molecular complexity index is 1170. The first-order chi connectivity index (χ1) is 15.1. The zero-order chi connectivity index (χ0) is 23.2. The van der Waals surface area contributed by atoms with E-state index in [4.69, 9.17) is 5.11 Å².